The molecule has 0 radical (unpaired) electrons. The molecule has 4 nitrogen and oxygen atoms in total. The molecule has 2 heterocycles. The predicted molar refractivity (Wildman–Crippen MR) is 107 cm³/mol. The van der Waals surface area contributed by atoms with E-state index in [1.807, 2.05) is 35.0 Å². The van der Waals surface area contributed by atoms with Crippen LogP contribution in [0.25, 0.3) is 22.5 Å². The van der Waals surface area contributed by atoms with Gasteiger partial charge in [-0.3, -0.25) is 4.68 Å². The van der Waals surface area contributed by atoms with Crippen LogP contribution in [0.2, 0.25) is 0 Å². The van der Waals surface area contributed by atoms with Crippen LogP contribution in [0.5, 0.6) is 0 Å². The van der Waals surface area contributed by atoms with Gasteiger partial charge in [0.05, 0.1) is 17.8 Å². The van der Waals surface area contributed by atoms with Gasteiger partial charge in [-0.2, -0.15) is 5.10 Å². The van der Waals surface area contributed by atoms with Gasteiger partial charge in [-0.1, -0.05) is 69.3 Å². The molecule has 0 aliphatic carbocycles. The molecule has 132 valence electrons. The van der Waals surface area contributed by atoms with E-state index < -0.39 is 0 Å². The lowest BCUT2D eigenvalue weighted by Crippen LogP contribution is -2.12. The maximum Gasteiger partial charge on any atom is 0.249 e. The van der Waals surface area contributed by atoms with Gasteiger partial charge in [-0.05, 0) is 27.6 Å². The first-order valence-corrected chi connectivity index (χ1v) is 9.39. The van der Waals surface area contributed by atoms with Gasteiger partial charge in [-0.15, -0.1) is 0 Å². The fourth-order valence-corrected chi connectivity index (χ4v) is 3.86. The van der Waals surface area contributed by atoms with Crippen LogP contribution < -0.4 is 0 Å². The Hall–Kier alpha value is -2.40. The maximum atomic E-state index is 5.93. The molecule has 5 heteroatoms. The van der Waals surface area contributed by atoms with Crippen molar-refractivity contribution in [3.63, 3.8) is 0 Å². The van der Waals surface area contributed by atoms with Crippen LogP contribution in [0.15, 0.2) is 63.7 Å². The highest BCUT2D eigenvalue weighted by Gasteiger charge is 2.26. The van der Waals surface area contributed by atoms with Crippen molar-refractivity contribution in [2.24, 2.45) is 0 Å². The van der Waals surface area contributed by atoms with E-state index in [1.165, 1.54) is 5.56 Å². The number of hydrogen-bond donors (Lipinski definition) is 0. The predicted octanol–water partition coefficient (Wildman–Crippen LogP) is 5.80. The van der Waals surface area contributed by atoms with E-state index in [9.17, 15) is 0 Å². The first-order valence-electron chi connectivity index (χ1n) is 8.60. The summed E-state index contributed by atoms with van der Waals surface area (Å²) in [5.74, 6) is 0.546. The molecule has 4 rings (SSSR count). The van der Waals surface area contributed by atoms with E-state index in [0.717, 1.165) is 22.3 Å². The lowest BCUT2D eigenvalue weighted by molar-refractivity contribution is 0.519. The van der Waals surface area contributed by atoms with Gasteiger partial charge in [0.2, 0.25) is 5.89 Å². The number of halogens is 1. The Bertz CT molecular complexity index is 1060. The second kappa shape index (κ2) is 6.40. The van der Waals surface area contributed by atoms with E-state index in [4.69, 9.17) is 14.5 Å². The molecule has 0 bridgehead atoms. The average molecular weight is 410 g/mol. The van der Waals surface area contributed by atoms with Gasteiger partial charge in [-0.25, -0.2) is 4.98 Å². The van der Waals surface area contributed by atoms with E-state index in [-0.39, 0.29) is 5.41 Å². The standard InChI is InChI=1S/C21H20BrN3O/c1-21(2,3)18-19(22)26-20(23-18)17-15-11-7-8-12-16(15)25(24-17)13-14-9-5-4-6-10-14/h4-12H,13H2,1-3H3. The van der Waals surface area contributed by atoms with E-state index in [0.29, 0.717) is 17.1 Å². The van der Waals surface area contributed by atoms with Crippen LogP contribution in [0.1, 0.15) is 32.0 Å². The van der Waals surface area contributed by atoms with Gasteiger partial charge in [0.15, 0.2) is 10.4 Å². The number of para-hydroxylation sites is 1. The third kappa shape index (κ3) is 3.07. The van der Waals surface area contributed by atoms with E-state index in [1.54, 1.807) is 0 Å². The van der Waals surface area contributed by atoms with Crippen LogP contribution in [-0.2, 0) is 12.0 Å². The molecule has 0 unspecified atom stereocenters. The minimum absolute atomic E-state index is 0.108. The first kappa shape index (κ1) is 17.0. The van der Waals surface area contributed by atoms with Gasteiger partial charge < -0.3 is 4.42 Å². The number of benzene rings is 2. The smallest absolute Gasteiger partial charge is 0.249 e. The summed E-state index contributed by atoms with van der Waals surface area (Å²) < 4.78 is 8.61. The lowest BCUT2D eigenvalue weighted by Gasteiger charge is -2.14. The zero-order chi connectivity index (χ0) is 18.3. The van der Waals surface area contributed by atoms with Crippen molar-refractivity contribution in [2.45, 2.75) is 32.7 Å². The molecule has 0 fully saturated rings. The quantitative estimate of drug-likeness (QED) is 0.429. The zero-order valence-corrected chi connectivity index (χ0v) is 16.6. The summed E-state index contributed by atoms with van der Waals surface area (Å²) in [4.78, 5) is 4.73. The molecule has 0 spiro atoms. The Labute approximate surface area is 161 Å². The summed E-state index contributed by atoms with van der Waals surface area (Å²) in [6.07, 6.45) is 0. The topological polar surface area (TPSA) is 43.9 Å². The molecule has 0 atom stereocenters. The molecule has 0 amide bonds. The molecule has 0 saturated carbocycles. The Morgan fingerprint density at radius 3 is 2.38 bits per heavy atom. The molecular weight excluding hydrogens is 390 g/mol. The molecule has 4 aromatic rings. The summed E-state index contributed by atoms with van der Waals surface area (Å²) >= 11 is 3.51. The minimum Gasteiger partial charge on any atom is -0.427 e. The monoisotopic (exact) mass is 409 g/mol. The highest BCUT2D eigenvalue weighted by molar-refractivity contribution is 9.10. The van der Waals surface area contributed by atoms with Crippen LogP contribution in [0.4, 0.5) is 0 Å². The third-order valence-corrected chi connectivity index (χ3v) is 4.87. The number of rotatable bonds is 3. The van der Waals surface area contributed by atoms with Gasteiger partial charge in [0.1, 0.15) is 0 Å². The molecule has 26 heavy (non-hydrogen) atoms. The van der Waals surface area contributed by atoms with E-state index in [2.05, 4.69) is 61.0 Å². The summed E-state index contributed by atoms with van der Waals surface area (Å²) in [6.45, 7) is 7.05. The summed E-state index contributed by atoms with van der Waals surface area (Å²) in [7, 11) is 0. The third-order valence-electron chi connectivity index (χ3n) is 4.33. The summed E-state index contributed by atoms with van der Waals surface area (Å²) in [6, 6.07) is 18.5. The summed E-state index contributed by atoms with van der Waals surface area (Å²) in [5, 5.41) is 5.87. The Morgan fingerprint density at radius 1 is 1.00 bits per heavy atom. The van der Waals surface area contributed by atoms with Crippen LogP contribution in [0.3, 0.4) is 0 Å². The number of aromatic nitrogens is 3. The number of nitrogens with zero attached hydrogens (tertiary/aromatic N) is 3. The number of fused-ring (bicyclic) bond motifs is 1. The van der Waals surface area contributed by atoms with Crippen molar-refractivity contribution in [3.05, 3.63) is 70.5 Å². The molecular formula is C21H20BrN3O. The molecule has 0 aliphatic rings. The molecule has 0 saturated heterocycles. The Morgan fingerprint density at radius 2 is 1.69 bits per heavy atom. The zero-order valence-electron chi connectivity index (χ0n) is 15.0. The molecule has 0 N–H and O–H groups in total. The van der Waals surface area contributed by atoms with Gasteiger partial charge in [0.25, 0.3) is 0 Å². The van der Waals surface area contributed by atoms with Gasteiger partial charge in [0, 0.05) is 10.8 Å². The van der Waals surface area contributed by atoms with Crippen LogP contribution in [0, 0.1) is 0 Å². The average Bonchev–Trinajstić information content (AvgIpc) is 3.17. The van der Waals surface area contributed by atoms with Crippen molar-refractivity contribution in [3.8, 4) is 11.6 Å². The van der Waals surface area contributed by atoms with Crippen molar-refractivity contribution >= 4 is 26.8 Å². The fraction of sp³-hybridized carbons (Fsp3) is 0.238. The first-order chi connectivity index (χ1) is 12.4. The minimum atomic E-state index is -0.108. The lowest BCUT2D eigenvalue weighted by atomic mass is 9.93. The van der Waals surface area contributed by atoms with Crippen LogP contribution >= 0.6 is 15.9 Å². The number of oxazole rings is 1. The second-order valence-corrected chi connectivity index (χ2v) is 8.12. The van der Waals surface area contributed by atoms with Crippen molar-refractivity contribution in [2.75, 3.05) is 0 Å². The maximum absolute atomic E-state index is 5.93. The normalized spacial score (nSPS) is 12.0. The fourth-order valence-electron chi connectivity index (χ4n) is 3.03. The van der Waals surface area contributed by atoms with Crippen molar-refractivity contribution in [1.82, 2.24) is 14.8 Å². The number of hydrogen-bond acceptors (Lipinski definition) is 3. The Kier molecular flexibility index (Phi) is 4.19. The second-order valence-electron chi connectivity index (χ2n) is 7.40. The van der Waals surface area contributed by atoms with Crippen molar-refractivity contribution in [1.29, 1.82) is 0 Å². The van der Waals surface area contributed by atoms with Crippen molar-refractivity contribution < 1.29 is 4.42 Å². The SMILES string of the molecule is CC(C)(C)c1nc(-c2nn(Cc3ccccc3)c3ccccc23)oc1Br. The van der Waals surface area contributed by atoms with E-state index >= 15 is 0 Å². The highest BCUT2D eigenvalue weighted by atomic mass is 79.9. The molecule has 2 aromatic carbocycles. The molecule has 2 aromatic heterocycles. The van der Waals surface area contributed by atoms with Gasteiger partial charge >= 0.3 is 0 Å². The molecule has 0 aliphatic heterocycles. The highest BCUT2D eigenvalue weighted by Crippen LogP contribution is 2.35. The Balaban J connectivity index is 1.84. The van der Waals surface area contributed by atoms with Crippen LogP contribution in [-0.4, -0.2) is 14.8 Å². The summed E-state index contributed by atoms with van der Waals surface area (Å²) in [5.41, 5.74) is 3.83. The largest absolute Gasteiger partial charge is 0.427 e.